The van der Waals surface area contributed by atoms with E-state index in [-0.39, 0.29) is 24.4 Å². The van der Waals surface area contributed by atoms with E-state index in [1.807, 2.05) is 18.2 Å². The highest BCUT2D eigenvalue weighted by molar-refractivity contribution is 7.80. The molecule has 172 valence electrons. The van der Waals surface area contributed by atoms with Crippen LogP contribution in [0.25, 0.3) is 0 Å². The van der Waals surface area contributed by atoms with Crippen LogP contribution in [0.2, 0.25) is 0 Å². The zero-order valence-corrected chi connectivity index (χ0v) is 18.5. The molecular weight excluding hydrogens is 446 g/mol. The molecule has 1 saturated heterocycles. The Morgan fingerprint density at radius 2 is 1.79 bits per heavy atom. The van der Waals surface area contributed by atoms with Crippen molar-refractivity contribution >= 4 is 40.7 Å². The van der Waals surface area contributed by atoms with Crippen LogP contribution < -0.4 is 35.9 Å². The lowest BCUT2D eigenvalue weighted by Gasteiger charge is -2.16. The van der Waals surface area contributed by atoms with Crippen LogP contribution in [0, 0.1) is 0 Å². The van der Waals surface area contributed by atoms with Crippen molar-refractivity contribution < 1.29 is 23.9 Å². The van der Waals surface area contributed by atoms with Gasteiger partial charge < -0.3 is 25.0 Å². The molecular formula is C22H23N5O5S. The molecule has 3 amide bonds. The molecule has 1 fully saturated rings. The van der Waals surface area contributed by atoms with Gasteiger partial charge in [-0.05, 0) is 60.6 Å². The summed E-state index contributed by atoms with van der Waals surface area (Å²) in [6.45, 7) is 1.09. The number of carbonyl (C=O) groups is 3. The fourth-order valence-corrected chi connectivity index (χ4v) is 3.55. The number of carbonyl (C=O) groups excluding carboxylic acids is 3. The molecule has 0 spiro atoms. The fourth-order valence-electron chi connectivity index (χ4n) is 3.42. The molecule has 2 aliphatic rings. The van der Waals surface area contributed by atoms with Crippen LogP contribution >= 0.6 is 12.2 Å². The Balaban J connectivity index is 1.15. The summed E-state index contributed by atoms with van der Waals surface area (Å²) in [6.07, 6.45) is 1.38. The summed E-state index contributed by atoms with van der Waals surface area (Å²) in [5, 5.41) is 5.72. The van der Waals surface area contributed by atoms with Gasteiger partial charge in [0.05, 0.1) is 6.54 Å². The molecule has 0 aromatic heterocycles. The minimum absolute atomic E-state index is 0.0830. The van der Waals surface area contributed by atoms with Crippen molar-refractivity contribution in [2.24, 2.45) is 0 Å². The number of hydrazine groups is 1. The number of nitrogens with one attached hydrogen (secondary N) is 4. The Labute approximate surface area is 195 Å². The van der Waals surface area contributed by atoms with Crippen LogP contribution in [-0.4, -0.2) is 42.7 Å². The van der Waals surface area contributed by atoms with E-state index in [1.54, 1.807) is 29.2 Å². The lowest BCUT2D eigenvalue weighted by atomic mass is 10.2. The second-order valence-corrected chi connectivity index (χ2v) is 7.83. The first-order chi connectivity index (χ1) is 16.0. The summed E-state index contributed by atoms with van der Waals surface area (Å²) in [5.41, 5.74) is 7.10. The predicted octanol–water partition coefficient (Wildman–Crippen LogP) is 0.967. The van der Waals surface area contributed by atoms with Crippen LogP contribution in [0.15, 0.2) is 42.5 Å². The maximum absolute atomic E-state index is 12.3. The van der Waals surface area contributed by atoms with Gasteiger partial charge in [0.15, 0.2) is 16.6 Å². The molecule has 2 aliphatic heterocycles. The van der Waals surface area contributed by atoms with Gasteiger partial charge in [0.2, 0.25) is 12.7 Å². The lowest BCUT2D eigenvalue weighted by molar-refractivity contribution is -0.120. The predicted molar refractivity (Wildman–Crippen MR) is 124 cm³/mol. The van der Waals surface area contributed by atoms with Gasteiger partial charge >= 0.3 is 0 Å². The number of hydrogen-bond acceptors (Lipinski definition) is 6. The van der Waals surface area contributed by atoms with Gasteiger partial charge in [-0.3, -0.25) is 25.2 Å². The van der Waals surface area contributed by atoms with E-state index in [0.717, 1.165) is 17.7 Å². The molecule has 0 atom stereocenters. The third-order valence-electron chi connectivity index (χ3n) is 5.13. The first kappa shape index (κ1) is 22.3. The average molecular weight is 470 g/mol. The molecule has 4 N–H and O–H groups in total. The normalized spacial score (nSPS) is 14.1. The minimum Gasteiger partial charge on any atom is -0.454 e. The van der Waals surface area contributed by atoms with E-state index in [4.69, 9.17) is 21.7 Å². The third-order valence-corrected chi connectivity index (χ3v) is 5.38. The standard InChI is InChI=1S/C22H23N5O5S/c28-19(25-26-22(33)24-11-14-3-8-17-18(10-14)32-13-31-17)12-23-21(30)15-4-6-16(7-5-15)27-9-1-2-20(27)29/h3-8,10H,1-2,9,11-13H2,(H,23,30)(H,25,28)(H2,24,26,33). The van der Waals surface area contributed by atoms with E-state index < -0.39 is 11.8 Å². The number of thiocarbonyl (C=S) groups is 1. The van der Waals surface area contributed by atoms with E-state index in [0.29, 0.717) is 36.6 Å². The average Bonchev–Trinajstić information content (AvgIpc) is 3.48. The van der Waals surface area contributed by atoms with E-state index >= 15 is 0 Å². The Bertz CT molecular complexity index is 1080. The van der Waals surface area contributed by atoms with Gasteiger partial charge in [-0.2, -0.15) is 0 Å². The van der Waals surface area contributed by atoms with Crippen LogP contribution in [0.5, 0.6) is 11.5 Å². The summed E-state index contributed by atoms with van der Waals surface area (Å²) in [5.74, 6) is 0.602. The zero-order chi connectivity index (χ0) is 23.2. The number of hydrogen-bond donors (Lipinski definition) is 4. The molecule has 4 rings (SSSR count). The van der Waals surface area contributed by atoms with Crippen molar-refractivity contribution in [2.45, 2.75) is 19.4 Å². The van der Waals surface area contributed by atoms with Crippen molar-refractivity contribution in [3.63, 3.8) is 0 Å². The van der Waals surface area contributed by atoms with Gasteiger partial charge in [-0.15, -0.1) is 0 Å². The maximum atomic E-state index is 12.3. The monoisotopic (exact) mass is 469 g/mol. The molecule has 0 radical (unpaired) electrons. The highest BCUT2D eigenvalue weighted by Gasteiger charge is 2.21. The number of fused-ring (bicyclic) bond motifs is 1. The zero-order valence-electron chi connectivity index (χ0n) is 17.7. The van der Waals surface area contributed by atoms with Gasteiger partial charge in [0, 0.05) is 30.8 Å². The summed E-state index contributed by atoms with van der Waals surface area (Å²) in [4.78, 5) is 37.8. The molecule has 2 aromatic carbocycles. The molecule has 0 aliphatic carbocycles. The lowest BCUT2D eigenvalue weighted by Crippen LogP contribution is -2.49. The second-order valence-electron chi connectivity index (χ2n) is 7.42. The number of benzene rings is 2. The Morgan fingerprint density at radius 1 is 1.00 bits per heavy atom. The van der Waals surface area contributed by atoms with E-state index in [2.05, 4.69) is 21.5 Å². The molecule has 0 saturated carbocycles. The number of ether oxygens (including phenoxy) is 2. The van der Waals surface area contributed by atoms with E-state index in [9.17, 15) is 14.4 Å². The molecule has 0 bridgehead atoms. The second kappa shape index (κ2) is 10.2. The molecule has 11 heteroatoms. The largest absolute Gasteiger partial charge is 0.454 e. The van der Waals surface area contributed by atoms with Crippen LogP contribution in [0.1, 0.15) is 28.8 Å². The van der Waals surface area contributed by atoms with Gasteiger partial charge in [0.25, 0.3) is 11.8 Å². The Kier molecular flexibility index (Phi) is 6.89. The van der Waals surface area contributed by atoms with Crippen LogP contribution in [-0.2, 0) is 16.1 Å². The Hall–Kier alpha value is -3.86. The topological polar surface area (TPSA) is 121 Å². The summed E-state index contributed by atoms with van der Waals surface area (Å²) < 4.78 is 10.6. The molecule has 0 unspecified atom stereocenters. The Morgan fingerprint density at radius 3 is 2.55 bits per heavy atom. The van der Waals surface area contributed by atoms with Gasteiger partial charge in [-0.1, -0.05) is 6.07 Å². The maximum Gasteiger partial charge on any atom is 0.257 e. The van der Waals surface area contributed by atoms with Gasteiger partial charge in [-0.25, -0.2) is 0 Å². The molecule has 10 nitrogen and oxygen atoms in total. The van der Waals surface area contributed by atoms with Crippen molar-refractivity contribution in [2.75, 3.05) is 24.8 Å². The smallest absolute Gasteiger partial charge is 0.257 e. The molecule has 2 aromatic rings. The SMILES string of the molecule is O=C(CNC(=O)c1ccc(N2CCCC2=O)cc1)NNC(=S)NCc1ccc2c(c1)OCO2. The van der Waals surface area contributed by atoms with E-state index in [1.165, 1.54) is 0 Å². The highest BCUT2D eigenvalue weighted by Crippen LogP contribution is 2.32. The fraction of sp³-hybridized carbons (Fsp3) is 0.273. The third kappa shape index (κ3) is 5.69. The molecule has 33 heavy (non-hydrogen) atoms. The quantitative estimate of drug-likeness (QED) is 0.365. The van der Waals surface area contributed by atoms with Crippen LogP contribution in [0.3, 0.4) is 0 Å². The van der Waals surface area contributed by atoms with Crippen molar-refractivity contribution in [3.05, 3.63) is 53.6 Å². The molecule has 2 heterocycles. The van der Waals surface area contributed by atoms with Crippen LogP contribution in [0.4, 0.5) is 5.69 Å². The number of rotatable bonds is 6. The minimum atomic E-state index is -0.463. The number of amides is 3. The number of anilines is 1. The number of nitrogens with zero attached hydrogens (tertiary/aromatic N) is 1. The first-order valence-electron chi connectivity index (χ1n) is 10.4. The first-order valence-corrected chi connectivity index (χ1v) is 10.8. The summed E-state index contributed by atoms with van der Waals surface area (Å²) in [6, 6.07) is 12.3. The summed E-state index contributed by atoms with van der Waals surface area (Å²) >= 11 is 5.14. The van der Waals surface area contributed by atoms with Crippen molar-refractivity contribution in [3.8, 4) is 11.5 Å². The van der Waals surface area contributed by atoms with Crippen molar-refractivity contribution in [1.29, 1.82) is 0 Å². The summed E-state index contributed by atoms with van der Waals surface area (Å²) in [7, 11) is 0. The van der Waals surface area contributed by atoms with Gasteiger partial charge in [0.1, 0.15) is 0 Å². The highest BCUT2D eigenvalue weighted by atomic mass is 32.1. The van der Waals surface area contributed by atoms with Crippen molar-refractivity contribution in [1.82, 2.24) is 21.5 Å².